The molecular formula is C28H20F4N6O2S2. The third kappa shape index (κ3) is 5.42. The number of aryl methyl sites for hydroxylation is 1. The number of aromatic nitrogens is 4. The summed E-state index contributed by atoms with van der Waals surface area (Å²) < 4.78 is 87.1. The summed E-state index contributed by atoms with van der Waals surface area (Å²) in [6.45, 7) is 1.28. The average Bonchev–Trinajstić information content (AvgIpc) is 3.66. The molecule has 0 bridgehead atoms. The van der Waals surface area contributed by atoms with Crippen LogP contribution in [0.15, 0.2) is 66.0 Å². The van der Waals surface area contributed by atoms with Gasteiger partial charge in [-0.15, -0.1) is 11.3 Å². The number of sulfonamides is 1. The fourth-order valence-corrected chi connectivity index (χ4v) is 6.46. The first-order chi connectivity index (χ1) is 20.1. The van der Waals surface area contributed by atoms with Crippen LogP contribution in [-0.2, 0) is 10.0 Å². The van der Waals surface area contributed by atoms with Crippen molar-refractivity contribution in [3.63, 3.8) is 0 Å². The molecule has 0 atom stereocenters. The van der Waals surface area contributed by atoms with E-state index in [2.05, 4.69) is 25.3 Å². The Morgan fingerprint density at radius 2 is 1.79 bits per heavy atom. The van der Waals surface area contributed by atoms with Gasteiger partial charge >= 0.3 is 0 Å². The zero-order valence-corrected chi connectivity index (χ0v) is 23.3. The summed E-state index contributed by atoms with van der Waals surface area (Å²) in [5.41, 5.74) is 0.0304. The van der Waals surface area contributed by atoms with Crippen LogP contribution in [0.5, 0.6) is 0 Å². The lowest BCUT2D eigenvalue weighted by Gasteiger charge is -2.13. The van der Waals surface area contributed by atoms with Crippen LogP contribution in [0.2, 0.25) is 0 Å². The Bertz CT molecular complexity index is 1950. The van der Waals surface area contributed by atoms with E-state index in [1.807, 2.05) is 4.72 Å². The predicted octanol–water partition coefficient (Wildman–Crippen LogP) is 6.57. The van der Waals surface area contributed by atoms with Crippen LogP contribution < -0.4 is 10.0 Å². The molecule has 8 nitrogen and oxygen atoms in total. The molecule has 42 heavy (non-hydrogen) atoms. The molecule has 6 rings (SSSR count). The molecule has 0 aliphatic heterocycles. The number of anilines is 2. The highest BCUT2D eigenvalue weighted by Gasteiger charge is 2.28. The monoisotopic (exact) mass is 612 g/mol. The van der Waals surface area contributed by atoms with Crippen LogP contribution in [0, 0.1) is 30.2 Å². The van der Waals surface area contributed by atoms with Gasteiger partial charge in [-0.2, -0.15) is 0 Å². The Kier molecular flexibility index (Phi) is 7.10. The smallest absolute Gasteiger partial charge is 0.267 e. The van der Waals surface area contributed by atoms with Crippen molar-refractivity contribution in [1.29, 1.82) is 0 Å². The number of pyridine rings is 1. The van der Waals surface area contributed by atoms with Crippen molar-refractivity contribution in [3.05, 3.63) is 89.9 Å². The highest BCUT2D eigenvalue weighted by molar-refractivity contribution is 7.92. The van der Waals surface area contributed by atoms with E-state index in [-0.39, 0.29) is 22.9 Å². The molecule has 1 aliphatic rings. The maximum atomic E-state index is 16.0. The van der Waals surface area contributed by atoms with Crippen LogP contribution in [0.25, 0.3) is 32.4 Å². The summed E-state index contributed by atoms with van der Waals surface area (Å²) in [5.74, 6) is -3.88. The van der Waals surface area contributed by atoms with Crippen LogP contribution in [0.4, 0.5) is 29.2 Å². The SMILES string of the molecule is Cc1ccc(F)c(S(=O)(=O)Nc2cccc(-c3nc(-c4cncc(F)c4)sc3-c3ccnc(NC4CC4)n3)c2F)c1F. The molecule has 0 amide bonds. The quantitative estimate of drug-likeness (QED) is 0.191. The van der Waals surface area contributed by atoms with Crippen LogP contribution in [0.3, 0.4) is 0 Å². The van der Waals surface area contributed by atoms with Crippen molar-refractivity contribution in [2.45, 2.75) is 30.7 Å². The van der Waals surface area contributed by atoms with Gasteiger partial charge in [-0.25, -0.2) is 40.9 Å². The number of nitrogens with zero attached hydrogens (tertiary/aromatic N) is 4. The molecule has 5 aromatic rings. The first kappa shape index (κ1) is 27.7. The molecular weight excluding hydrogens is 592 g/mol. The molecule has 0 saturated heterocycles. The van der Waals surface area contributed by atoms with E-state index in [4.69, 9.17) is 0 Å². The average molecular weight is 613 g/mol. The second-order valence-electron chi connectivity index (χ2n) is 9.55. The highest BCUT2D eigenvalue weighted by atomic mass is 32.2. The molecule has 0 spiro atoms. The summed E-state index contributed by atoms with van der Waals surface area (Å²) in [5, 5.41) is 3.50. The Balaban J connectivity index is 1.46. The number of halogens is 4. The van der Waals surface area contributed by atoms with Crippen molar-refractivity contribution >= 4 is 33.0 Å². The fraction of sp³-hybridized carbons (Fsp3) is 0.143. The van der Waals surface area contributed by atoms with Gasteiger partial charge in [0.2, 0.25) is 5.95 Å². The van der Waals surface area contributed by atoms with Crippen molar-refractivity contribution < 1.29 is 26.0 Å². The summed E-state index contributed by atoms with van der Waals surface area (Å²) in [7, 11) is -4.87. The topological polar surface area (TPSA) is 110 Å². The first-order valence-corrected chi connectivity index (χ1v) is 14.9. The lowest BCUT2D eigenvalue weighted by Crippen LogP contribution is -2.18. The van der Waals surface area contributed by atoms with Gasteiger partial charge in [0.15, 0.2) is 10.7 Å². The van der Waals surface area contributed by atoms with Crippen molar-refractivity contribution in [2.24, 2.45) is 0 Å². The molecule has 1 fully saturated rings. The molecule has 2 aromatic carbocycles. The Morgan fingerprint density at radius 3 is 2.55 bits per heavy atom. The lowest BCUT2D eigenvalue weighted by molar-refractivity contribution is 0.516. The van der Waals surface area contributed by atoms with Gasteiger partial charge < -0.3 is 5.32 Å². The van der Waals surface area contributed by atoms with Gasteiger partial charge in [0.25, 0.3) is 10.0 Å². The number of thiazole rings is 1. The maximum Gasteiger partial charge on any atom is 0.267 e. The van der Waals surface area contributed by atoms with Gasteiger partial charge in [0.05, 0.1) is 28.1 Å². The van der Waals surface area contributed by atoms with E-state index in [1.54, 1.807) is 6.07 Å². The molecule has 2 N–H and O–H groups in total. The molecule has 14 heteroatoms. The number of hydrogen-bond acceptors (Lipinski definition) is 8. The third-order valence-electron chi connectivity index (χ3n) is 6.39. The zero-order chi connectivity index (χ0) is 29.6. The van der Waals surface area contributed by atoms with E-state index >= 15 is 4.39 Å². The van der Waals surface area contributed by atoms with Crippen LogP contribution in [0.1, 0.15) is 18.4 Å². The van der Waals surface area contributed by atoms with Gasteiger partial charge in [-0.05, 0) is 55.7 Å². The van der Waals surface area contributed by atoms with Crippen molar-refractivity contribution in [2.75, 3.05) is 10.0 Å². The fourth-order valence-electron chi connectivity index (χ4n) is 4.16. The summed E-state index contributed by atoms with van der Waals surface area (Å²) >= 11 is 1.10. The van der Waals surface area contributed by atoms with Crippen LogP contribution >= 0.6 is 11.3 Å². The minimum Gasteiger partial charge on any atom is -0.351 e. The molecule has 0 radical (unpaired) electrons. The van der Waals surface area contributed by atoms with Gasteiger partial charge in [0, 0.05) is 29.6 Å². The normalized spacial score (nSPS) is 13.3. The van der Waals surface area contributed by atoms with E-state index < -0.39 is 43.9 Å². The van der Waals surface area contributed by atoms with Gasteiger partial charge in [0.1, 0.15) is 22.5 Å². The molecule has 214 valence electrons. The van der Waals surface area contributed by atoms with Crippen molar-refractivity contribution in [1.82, 2.24) is 19.9 Å². The van der Waals surface area contributed by atoms with Crippen LogP contribution in [-0.4, -0.2) is 34.4 Å². The third-order valence-corrected chi connectivity index (χ3v) is 8.91. The van der Waals surface area contributed by atoms with Gasteiger partial charge in [-0.1, -0.05) is 12.1 Å². The Morgan fingerprint density at radius 1 is 0.976 bits per heavy atom. The second-order valence-corrected chi connectivity index (χ2v) is 12.2. The Hall–Kier alpha value is -4.43. The number of benzene rings is 2. The van der Waals surface area contributed by atoms with Crippen molar-refractivity contribution in [3.8, 4) is 32.4 Å². The molecule has 1 saturated carbocycles. The minimum absolute atomic E-state index is 0.0850. The summed E-state index contributed by atoms with van der Waals surface area (Å²) in [4.78, 5) is 16.4. The molecule has 3 aromatic heterocycles. The van der Waals surface area contributed by atoms with E-state index in [0.717, 1.165) is 48.6 Å². The van der Waals surface area contributed by atoms with Gasteiger partial charge in [-0.3, -0.25) is 9.71 Å². The number of nitrogens with one attached hydrogen (secondary N) is 2. The largest absolute Gasteiger partial charge is 0.351 e. The standard InChI is InChI=1S/C28H20F4N6O2S2/c1-14-5-8-19(30)26(22(14)31)42(39,40)38-20-4-2-3-18(23(20)32)24-25(21-9-10-34-28(36-21)35-17-6-7-17)41-27(37-24)15-11-16(29)13-33-12-15/h2-5,8-13,17,38H,6-7H2,1H3,(H,34,35,36). The first-order valence-electron chi connectivity index (χ1n) is 12.6. The lowest BCUT2D eigenvalue weighted by atomic mass is 10.1. The molecule has 3 heterocycles. The summed E-state index contributed by atoms with van der Waals surface area (Å²) in [6, 6.07) is 8.87. The second kappa shape index (κ2) is 10.8. The number of rotatable bonds is 8. The van der Waals surface area contributed by atoms with E-state index in [9.17, 15) is 21.6 Å². The van der Waals surface area contributed by atoms with E-state index in [0.29, 0.717) is 27.1 Å². The highest BCUT2D eigenvalue weighted by Crippen LogP contribution is 2.42. The Labute approximate surface area is 241 Å². The zero-order valence-electron chi connectivity index (χ0n) is 21.7. The van der Waals surface area contributed by atoms with E-state index in [1.165, 1.54) is 37.5 Å². The minimum atomic E-state index is -4.87. The molecule has 1 aliphatic carbocycles. The summed E-state index contributed by atoms with van der Waals surface area (Å²) in [6.07, 6.45) is 5.95. The predicted molar refractivity (Wildman–Crippen MR) is 150 cm³/mol. The number of hydrogen-bond donors (Lipinski definition) is 2. The maximum absolute atomic E-state index is 16.0. The molecule has 0 unspecified atom stereocenters.